The van der Waals surface area contributed by atoms with Crippen molar-refractivity contribution in [2.24, 2.45) is 0 Å². The molecule has 0 atom stereocenters. The molecule has 104 valence electrons. The second-order valence-corrected chi connectivity index (χ2v) is 3.98. The highest BCUT2D eigenvalue weighted by Gasteiger charge is 2.13. The predicted molar refractivity (Wildman–Crippen MR) is 74.4 cm³/mol. The van der Waals surface area contributed by atoms with E-state index in [2.05, 4.69) is 14.7 Å². The van der Waals surface area contributed by atoms with Crippen molar-refractivity contribution in [3.63, 3.8) is 0 Å². The van der Waals surface area contributed by atoms with Crippen molar-refractivity contribution in [3.05, 3.63) is 42.4 Å². The molecular formula is C14H15N3O3. The molecule has 0 fully saturated rings. The monoisotopic (exact) mass is 273 g/mol. The van der Waals surface area contributed by atoms with Crippen molar-refractivity contribution >= 4 is 17.5 Å². The third-order valence-corrected chi connectivity index (χ3v) is 2.82. The van der Waals surface area contributed by atoms with Crippen molar-refractivity contribution in [2.45, 2.75) is 0 Å². The molecule has 0 N–H and O–H groups in total. The van der Waals surface area contributed by atoms with Gasteiger partial charge < -0.3 is 14.4 Å². The predicted octanol–water partition coefficient (Wildman–Crippen LogP) is 2.04. The average molecular weight is 273 g/mol. The standard InChI is InChI=1S/C14H15N3O3/c1-17(11-6-4-5-7-12(11)19-2)13-9-15-10(8-16-13)14(18)20-3/h4-9H,1-3H3. The molecule has 1 aromatic heterocycles. The Kier molecular flexibility index (Phi) is 4.14. The molecule has 0 amide bonds. The maximum atomic E-state index is 11.3. The molecule has 0 spiro atoms. The van der Waals surface area contributed by atoms with E-state index in [1.807, 2.05) is 36.2 Å². The van der Waals surface area contributed by atoms with Gasteiger partial charge in [0.15, 0.2) is 11.5 Å². The van der Waals surface area contributed by atoms with Crippen LogP contribution in [0.4, 0.5) is 11.5 Å². The minimum absolute atomic E-state index is 0.171. The first-order valence-corrected chi connectivity index (χ1v) is 5.94. The number of methoxy groups -OCH3 is 2. The van der Waals surface area contributed by atoms with Crippen LogP contribution in [0.5, 0.6) is 5.75 Å². The van der Waals surface area contributed by atoms with E-state index >= 15 is 0 Å². The number of esters is 1. The Bertz CT molecular complexity index is 599. The molecule has 0 saturated heterocycles. The largest absolute Gasteiger partial charge is 0.495 e. The molecule has 1 heterocycles. The number of ether oxygens (including phenoxy) is 2. The Labute approximate surface area is 117 Å². The van der Waals surface area contributed by atoms with E-state index in [9.17, 15) is 4.79 Å². The van der Waals surface area contributed by atoms with Crippen LogP contribution >= 0.6 is 0 Å². The Morgan fingerprint density at radius 3 is 2.50 bits per heavy atom. The van der Waals surface area contributed by atoms with Crippen molar-refractivity contribution < 1.29 is 14.3 Å². The van der Waals surface area contributed by atoms with Crippen molar-refractivity contribution in [3.8, 4) is 5.75 Å². The van der Waals surface area contributed by atoms with Crippen LogP contribution in [0.2, 0.25) is 0 Å². The number of carbonyl (C=O) groups is 1. The second-order valence-electron chi connectivity index (χ2n) is 3.98. The highest BCUT2D eigenvalue weighted by atomic mass is 16.5. The van der Waals surface area contributed by atoms with Crippen LogP contribution in [0.3, 0.4) is 0 Å². The second kappa shape index (κ2) is 6.01. The fraction of sp³-hybridized carbons (Fsp3) is 0.214. The zero-order chi connectivity index (χ0) is 14.5. The van der Waals surface area contributed by atoms with Crippen LogP contribution in [0, 0.1) is 0 Å². The Morgan fingerprint density at radius 1 is 1.15 bits per heavy atom. The summed E-state index contributed by atoms with van der Waals surface area (Å²) in [4.78, 5) is 21.4. The third kappa shape index (κ3) is 2.69. The third-order valence-electron chi connectivity index (χ3n) is 2.82. The number of nitrogens with zero attached hydrogens (tertiary/aromatic N) is 3. The Hall–Kier alpha value is -2.63. The van der Waals surface area contributed by atoms with Gasteiger partial charge in [0.05, 0.1) is 32.3 Å². The molecule has 6 heteroatoms. The van der Waals surface area contributed by atoms with Gasteiger partial charge in [-0.3, -0.25) is 0 Å². The quantitative estimate of drug-likeness (QED) is 0.794. The normalized spacial score (nSPS) is 9.95. The summed E-state index contributed by atoms with van der Waals surface area (Å²) in [5, 5.41) is 0. The smallest absolute Gasteiger partial charge is 0.358 e. The van der Waals surface area contributed by atoms with E-state index in [4.69, 9.17) is 4.74 Å². The summed E-state index contributed by atoms with van der Waals surface area (Å²) in [5.74, 6) is 0.819. The number of hydrogen-bond acceptors (Lipinski definition) is 6. The molecule has 0 aliphatic carbocycles. The zero-order valence-corrected chi connectivity index (χ0v) is 11.5. The molecule has 1 aromatic carbocycles. The molecule has 6 nitrogen and oxygen atoms in total. The summed E-state index contributed by atoms with van der Waals surface area (Å²) in [6, 6.07) is 7.57. The van der Waals surface area contributed by atoms with Crippen molar-refractivity contribution in [1.82, 2.24) is 9.97 Å². The molecule has 0 radical (unpaired) electrons. The van der Waals surface area contributed by atoms with E-state index in [-0.39, 0.29) is 5.69 Å². The highest BCUT2D eigenvalue weighted by molar-refractivity contribution is 5.86. The first kappa shape index (κ1) is 13.8. The first-order valence-electron chi connectivity index (χ1n) is 5.94. The van der Waals surface area contributed by atoms with Crippen LogP contribution in [-0.2, 0) is 4.74 Å². The van der Waals surface area contributed by atoms with E-state index in [1.54, 1.807) is 7.11 Å². The molecule has 2 rings (SSSR count). The minimum Gasteiger partial charge on any atom is -0.495 e. The molecule has 0 saturated carbocycles. The maximum Gasteiger partial charge on any atom is 0.358 e. The zero-order valence-electron chi connectivity index (χ0n) is 11.5. The van der Waals surface area contributed by atoms with Gasteiger partial charge in [-0.2, -0.15) is 0 Å². The molecule has 20 heavy (non-hydrogen) atoms. The molecule has 0 bridgehead atoms. The highest BCUT2D eigenvalue weighted by Crippen LogP contribution is 2.30. The van der Waals surface area contributed by atoms with Gasteiger partial charge >= 0.3 is 5.97 Å². The number of anilines is 2. The summed E-state index contributed by atoms with van der Waals surface area (Å²) < 4.78 is 9.89. The lowest BCUT2D eigenvalue weighted by Gasteiger charge is -2.20. The number of rotatable bonds is 4. The van der Waals surface area contributed by atoms with Gasteiger partial charge in [0.2, 0.25) is 0 Å². The molecule has 0 unspecified atom stereocenters. The van der Waals surface area contributed by atoms with E-state index < -0.39 is 5.97 Å². The minimum atomic E-state index is -0.510. The Balaban J connectivity index is 2.29. The number of aromatic nitrogens is 2. The summed E-state index contributed by atoms with van der Waals surface area (Å²) >= 11 is 0. The van der Waals surface area contributed by atoms with Crippen LogP contribution < -0.4 is 9.64 Å². The molecule has 0 aliphatic heterocycles. The number of benzene rings is 1. The first-order chi connectivity index (χ1) is 9.67. The van der Waals surface area contributed by atoms with Crippen LogP contribution in [0.1, 0.15) is 10.5 Å². The number of para-hydroxylation sites is 2. The fourth-order valence-electron chi connectivity index (χ4n) is 1.73. The molecular weight excluding hydrogens is 258 g/mol. The lowest BCUT2D eigenvalue weighted by Crippen LogP contribution is -2.14. The van der Waals surface area contributed by atoms with E-state index in [0.29, 0.717) is 5.82 Å². The SMILES string of the molecule is COC(=O)c1cnc(N(C)c2ccccc2OC)cn1. The van der Waals surface area contributed by atoms with E-state index in [0.717, 1.165) is 11.4 Å². The topological polar surface area (TPSA) is 64.5 Å². The fourth-order valence-corrected chi connectivity index (χ4v) is 1.73. The maximum absolute atomic E-state index is 11.3. The van der Waals surface area contributed by atoms with Gasteiger partial charge in [-0.05, 0) is 12.1 Å². The van der Waals surface area contributed by atoms with Crippen LogP contribution in [-0.4, -0.2) is 37.2 Å². The molecule has 0 aliphatic rings. The van der Waals surface area contributed by atoms with Crippen molar-refractivity contribution in [1.29, 1.82) is 0 Å². The Morgan fingerprint density at radius 2 is 1.90 bits per heavy atom. The van der Waals surface area contributed by atoms with Gasteiger partial charge in [-0.25, -0.2) is 14.8 Å². The van der Waals surface area contributed by atoms with Gasteiger partial charge in [0.1, 0.15) is 5.75 Å². The molecule has 2 aromatic rings. The van der Waals surface area contributed by atoms with Gasteiger partial charge in [0, 0.05) is 7.05 Å². The van der Waals surface area contributed by atoms with Crippen LogP contribution in [0.25, 0.3) is 0 Å². The van der Waals surface area contributed by atoms with Gasteiger partial charge in [-0.15, -0.1) is 0 Å². The van der Waals surface area contributed by atoms with E-state index in [1.165, 1.54) is 19.5 Å². The van der Waals surface area contributed by atoms with Crippen LogP contribution in [0.15, 0.2) is 36.7 Å². The lowest BCUT2D eigenvalue weighted by molar-refractivity contribution is 0.0593. The summed E-state index contributed by atoms with van der Waals surface area (Å²) in [7, 11) is 4.76. The average Bonchev–Trinajstić information content (AvgIpc) is 2.53. The summed E-state index contributed by atoms with van der Waals surface area (Å²) in [5.41, 5.74) is 1.03. The number of hydrogen-bond donors (Lipinski definition) is 0. The van der Waals surface area contributed by atoms with Gasteiger partial charge in [0.25, 0.3) is 0 Å². The lowest BCUT2D eigenvalue weighted by atomic mass is 10.2. The van der Waals surface area contributed by atoms with Gasteiger partial charge in [-0.1, -0.05) is 12.1 Å². The summed E-state index contributed by atoms with van der Waals surface area (Å²) in [6.07, 6.45) is 2.89. The number of carbonyl (C=O) groups excluding carboxylic acids is 1. The van der Waals surface area contributed by atoms with Crippen molar-refractivity contribution in [2.75, 3.05) is 26.2 Å². The summed E-state index contributed by atoms with van der Waals surface area (Å²) in [6.45, 7) is 0.